The van der Waals surface area contributed by atoms with Crippen LogP contribution in [0.1, 0.15) is 17.3 Å². The van der Waals surface area contributed by atoms with E-state index >= 15 is 0 Å². The van der Waals surface area contributed by atoms with Crippen LogP contribution in [0.5, 0.6) is 5.75 Å². The van der Waals surface area contributed by atoms with Gasteiger partial charge in [-0.05, 0) is 13.0 Å². The number of methoxy groups -OCH3 is 1. The number of hydrogen-bond donors (Lipinski definition) is 2. The number of phenols is 1. The van der Waals surface area contributed by atoms with Gasteiger partial charge in [0, 0.05) is 30.5 Å². The molecule has 0 aliphatic heterocycles. The number of carbonyl (C=O) groups is 1. The molecule has 0 saturated heterocycles. The lowest BCUT2D eigenvalue weighted by atomic mass is 10.1. The van der Waals surface area contributed by atoms with Crippen molar-refractivity contribution in [1.29, 1.82) is 0 Å². The molecular weight excluding hydrogens is 213 g/mol. The minimum atomic E-state index is -0.766. The molecule has 0 saturated carbocycles. The summed E-state index contributed by atoms with van der Waals surface area (Å²) in [5.74, 6) is -1.30. The van der Waals surface area contributed by atoms with Crippen LogP contribution in [0, 0.1) is 5.82 Å². The van der Waals surface area contributed by atoms with Crippen molar-refractivity contribution < 1.29 is 19.0 Å². The molecule has 1 aromatic rings. The average molecular weight is 227 g/mol. The van der Waals surface area contributed by atoms with Crippen LogP contribution >= 0.6 is 0 Å². The third-order valence-corrected chi connectivity index (χ3v) is 2.06. The number of phenolic OH excluding ortho intramolecular Hbond substituents is 1. The van der Waals surface area contributed by atoms with Gasteiger partial charge in [-0.25, -0.2) is 4.39 Å². The molecule has 0 bridgehead atoms. The molecule has 1 rings (SSSR count). The maximum atomic E-state index is 13.1. The number of rotatable bonds is 5. The van der Waals surface area contributed by atoms with Crippen LogP contribution in [0.2, 0.25) is 0 Å². The summed E-state index contributed by atoms with van der Waals surface area (Å²) < 4.78 is 18.0. The van der Waals surface area contributed by atoms with Gasteiger partial charge in [0.1, 0.15) is 0 Å². The van der Waals surface area contributed by atoms with E-state index < -0.39 is 11.6 Å². The number of anilines is 1. The number of benzene rings is 1. The zero-order valence-corrected chi connectivity index (χ0v) is 9.16. The summed E-state index contributed by atoms with van der Waals surface area (Å²) in [6.45, 7) is 2.27. The summed E-state index contributed by atoms with van der Waals surface area (Å²) in [5.41, 5.74) is 0.553. The zero-order valence-electron chi connectivity index (χ0n) is 9.16. The number of aldehydes is 1. The predicted molar refractivity (Wildman–Crippen MR) is 58.4 cm³/mol. The molecule has 0 unspecified atom stereocenters. The van der Waals surface area contributed by atoms with Crippen molar-refractivity contribution in [2.24, 2.45) is 0 Å². The topological polar surface area (TPSA) is 58.6 Å². The highest BCUT2D eigenvalue weighted by atomic mass is 19.1. The first-order valence-electron chi connectivity index (χ1n) is 4.81. The van der Waals surface area contributed by atoms with Crippen molar-refractivity contribution in [3.63, 3.8) is 0 Å². The van der Waals surface area contributed by atoms with Crippen LogP contribution in [0.4, 0.5) is 10.1 Å². The number of nitrogens with one attached hydrogen (secondary N) is 1. The summed E-state index contributed by atoms with van der Waals surface area (Å²) in [7, 11) is 1.55. The number of aromatic hydroxyl groups is 1. The lowest BCUT2D eigenvalue weighted by molar-refractivity contribution is 0.112. The first-order chi connectivity index (χ1) is 7.58. The van der Waals surface area contributed by atoms with Gasteiger partial charge in [-0.3, -0.25) is 4.79 Å². The maximum Gasteiger partial charge on any atom is 0.166 e. The van der Waals surface area contributed by atoms with Gasteiger partial charge < -0.3 is 15.2 Å². The average Bonchev–Trinajstić information content (AvgIpc) is 2.23. The van der Waals surface area contributed by atoms with Crippen molar-refractivity contribution >= 4 is 12.0 Å². The van der Waals surface area contributed by atoms with Crippen molar-refractivity contribution in [1.82, 2.24) is 0 Å². The minimum absolute atomic E-state index is 0.0624. The van der Waals surface area contributed by atoms with Crippen LogP contribution < -0.4 is 5.32 Å². The van der Waals surface area contributed by atoms with Gasteiger partial charge in [-0.2, -0.15) is 0 Å². The molecule has 5 heteroatoms. The highest BCUT2D eigenvalue weighted by Crippen LogP contribution is 2.24. The maximum absolute atomic E-state index is 13.1. The smallest absolute Gasteiger partial charge is 0.166 e. The molecule has 0 fully saturated rings. The number of hydrogen-bond acceptors (Lipinski definition) is 4. The van der Waals surface area contributed by atoms with Gasteiger partial charge in [-0.1, -0.05) is 0 Å². The molecule has 0 aromatic heterocycles. The first-order valence-corrected chi connectivity index (χ1v) is 4.81. The molecular formula is C11H14FNO3. The fourth-order valence-corrected chi connectivity index (χ4v) is 1.36. The van der Waals surface area contributed by atoms with Crippen LogP contribution in [0.25, 0.3) is 0 Å². The molecule has 16 heavy (non-hydrogen) atoms. The Morgan fingerprint density at radius 3 is 2.88 bits per heavy atom. The number of carbonyl (C=O) groups excluding carboxylic acids is 1. The lowest BCUT2D eigenvalue weighted by Crippen LogP contribution is -2.21. The van der Waals surface area contributed by atoms with E-state index in [1.54, 1.807) is 7.11 Å². The molecule has 2 N–H and O–H groups in total. The van der Waals surface area contributed by atoms with Crippen LogP contribution in [0.15, 0.2) is 12.1 Å². The lowest BCUT2D eigenvalue weighted by Gasteiger charge is -2.16. The Morgan fingerprint density at radius 2 is 2.31 bits per heavy atom. The van der Waals surface area contributed by atoms with Gasteiger partial charge >= 0.3 is 0 Å². The normalized spacial score (nSPS) is 12.2. The quantitative estimate of drug-likeness (QED) is 0.594. The second-order valence-corrected chi connectivity index (χ2v) is 3.51. The highest BCUT2D eigenvalue weighted by molar-refractivity contribution is 5.85. The molecule has 1 atom stereocenters. The summed E-state index contributed by atoms with van der Waals surface area (Å²) in [4.78, 5) is 10.7. The van der Waals surface area contributed by atoms with Crippen LogP contribution in [-0.2, 0) is 4.74 Å². The molecule has 0 aliphatic carbocycles. The summed E-state index contributed by atoms with van der Waals surface area (Å²) in [5, 5.41) is 12.0. The third kappa shape index (κ3) is 2.93. The standard InChI is InChI=1S/C11H14FNO3/c1-7(6-16-2)13-10-4-9(12)11(15)3-8(10)5-14/h3-5,7,13,15H,6H2,1-2H3/t7-/m0/s1. The molecule has 0 radical (unpaired) electrons. The van der Waals surface area contributed by atoms with E-state index in [1.165, 1.54) is 0 Å². The Bertz CT molecular complexity index is 382. The Morgan fingerprint density at radius 1 is 1.62 bits per heavy atom. The highest BCUT2D eigenvalue weighted by Gasteiger charge is 2.10. The zero-order chi connectivity index (χ0) is 12.1. The van der Waals surface area contributed by atoms with E-state index in [0.29, 0.717) is 18.6 Å². The van der Waals surface area contributed by atoms with Crippen LogP contribution in [-0.4, -0.2) is 31.2 Å². The molecule has 0 aliphatic rings. The van der Waals surface area contributed by atoms with Crippen molar-refractivity contribution in [2.45, 2.75) is 13.0 Å². The summed E-state index contributed by atoms with van der Waals surface area (Å²) in [6.07, 6.45) is 0.557. The molecule has 0 amide bonds. The molecule has 1 aromatic carbocycles. The van der Waals surface area contributed by atoms with Crippen LogP contribution in [0.3, 0.4) is 0 Å². The molecule has 88 valence electrons. The fourth-order valence-electron chi connectivity index (χ4n) is 1.36. The Labute approximate surface area is 93.0 Å². The van der Waals surface area contributed by atoms with E-state index in [2.05, 4.69) is 5.32 Å². The van der Waals surface area contributed by atoms with Gasteiger partial charge in [-0.15, -0.1) is 0 Å². The van der Waals surface area contributed by atoms with E-state index in [-0.39, 0.29) is 11.6 Å². The van der Waals surface area contributed by atoms with E-state index in [0.717, 1.165) is 12.1 Å². The Kier molecular flexibility index (Phi) is 4.25. The summed E-state index contributed by atoms with van der Waals surface area (Å²) in [6, 6.07) is 2.11. The van der Waals surface area contributed by atoms with Gasteiger partial charge in [0.15, 0.2) is 17.9 Å². The minimum Gasteiger partial charge on any atom is -0.505 e. The second kappa shape index (κ2) is 5.46. The fraction of sp³-hybridized carbons (Fsp3) is 0.364. The molecule has 4 nitrogen and oxygen atoms in total. The molecule has 0 heterocycles. The van der Waals surface area contributed by atoms with Crippen molar-refractivity contribution in [3.05, 3.63) is 23.5 Å². The Hall–Kier alpha value is -1.62. The van der Waals surface area contributed by atoms with Crippen molar-refractivity contribution in [3.8, 4) is 5.75 Å². The predicted octanol–water partition coefficient (Wildman–Crippen LogP) is 1.79. The SMILES string of the molecule is COC[C@H](C)Nc1cc(F)c(O)cc1C=O. The number of halogens is 1. The van der Waals surface area contributed by atoms with Gasteiger partial charge in [0.25, 0.3) is 0 Å². The Balaban J connectivity index is 2.94. The summed E-state index contributed by atoms with van der Waals surface area (Å²) >= 11 is 0. The van der Waals surface area contributed by atoms with E-state index in [9.17, 15) is 9.18 Å². The largest absolute Gasteiger partial charge is 0.505 e. The second-order valence-electron chi connectivity index (χ2n) is 3.51. The van der Waals surface area contributed by atoms with Crippen molar-refractivity contribution in [2.75, 3.05) is 19.0 Å². The van der Waals surface area contributed by atoms with E-state index in [4.69, 9.17) is 9.84 Å². The first kappa shape index (κ1) is 12.4. The third-order valence-electron chi connectivity index (χ3n) is 2.06. The van der Waals surface area contributed by atoms with Gasteiger partial charge in [0.2, 0.25) is 0 Å². The molecule has 0 spiro atoms. The van der Waals surface area contributed by atoms with Gasteiger partial charge in [0.05, 0.1) is 6.61 Å². The monoisotopic (exact) mass is 227 g/mol. The number of ether oxygens (including phenoxy) is 1. The van der Waals surface area contributed by atoms with E-state index in [1.807, 2.05) is 6.92 Å².